The highest BCUT2D eigenvalue weighted by Crippen LogP contribution is 2.27. The minimum absolute atomic E-state index is 0.736. The fraction of sp³-hybridized carbons (Fsp3) is 0.750. The molecule has 0 bridgehead atoms. The van der Waals surface area contributed by atoms with E-state index in [0.717, 1.165) is 24.9 Å². The molecule has 1 fully saturated rings. The molecule has 2 atom stereocenters. The van der Waals surface area contributed by atoms with Gasteiger partial charge in [-0.25, -0.2) is 4.98 Å². The minimum Gasteiger partial charge on any atom is -0.335 e. The summed E-state index contributed by atoms with van der Waals surface area (Å²) in [5, 5.41) is 3.37. The van der Waals surface area contributed by atoms with Gasteiger partial charge in [0.15, 0.2) is 0 Å². The van der Waals surface area contributed by atoms with Crippen LogP contribution >= 0.6 is 0 Å². The van der Waals surface area contributed by atoms with Crippen molar-refractivity contribution in [3.63, 3.8) is 0 Å². The van der Waals surface area contributed by atoms with E-state index >= 15 is 0 Å². The third-order valence-electron chi connectivity index (χ3n) is 3.56. The Bertz CT molecular complexity index is 306. The second-order valence-corrected chi connectivity index (χ2v) is 4.50. The first-order valence-corrected chi connectivity index (χ1v) is 6.00. The predicted octanol–water partition coefficient (Wildman–Crippen LogP) is 1.83. The number of imidazole rings is 1. The summed E-state index contributed by atoms with van der Waals surface area (Å²) in [4.78, 5) is 4.44. The summed E-state index contributed by atoms with van der Waals surface area (Å²) in [7, 11) is 2.07. The summed E-state index contributed by atoms with van der Waals surface area (Å²) in [6.45, 7) is 3.22. The van der Waals surface area contributed by atoms with Crippen LogP contribution in [0.1, 0.15) is 32.0 Å². The Morgan fingerprint density at radius 3 is 3.07 bits per heavy atom. The van der Waals surface area contributed by atoms with Crippen molar-refractivity contribution in [1.82, 2.24) is 14.9 Å². The molecular weight excluding hydrogens is 186 g/mol. The lowest BCUT2D eigenvalue weighted by atomic mass is 10.0. The quantitative estimate of drug-likeness (QED) is 0.816. The Kier molecular flexibility index (Phi) is 3.41. The number of aryl methyl sites for hydroxylation is 1. The number of rotatable bonds is 4. The van der Waals surface area contributed by atoms with Crippen LogP contribution in [0.3, 0.4) is 0 Å². The number of nitrogens with one attached hydrogen (secondary N) is 1. The number of hydrogen-bond acceptors (Lipinski definition) is 2. The molecular formula is C12H21N3. The first-order valence-electron chi connectivity index (χ1n) is 6.00. The van der Waals surface area contributed by atoms with Gasteiger partial charge in [-0.15, -0.1) is 0 Å². The predicted molar refractivity (Wildman–Crippen MR) is 61.8 cm³/mol. The van der Waals surface area contributed by atoms with Gasteiger partial charge in [0.25, 0.3) is 0 Å². The van der Waals surface area contributed by atoms with Gasteiger partial charge in [0.2, 0.25) is 0 Å². The molecule has 0 saturated heterocycles. The van der Waals surface area contributed by atoms with Gasteiger partial charge in [-0.2, -0.15) is 0 Å². The lowest BCUT2D eigenvalue weighted by Gasteiger charge is -2.11. The van der Waals surface area contributed by atoms with Crippen LogP contribution in [-0.4, -0.2) is 22.6 Å². The van der Waals surface area contributed by atoms with E-state index in [0.29, 0.717) is 0 Å². The van der Waals surface area contributed by atoms with Gasteiger partial charge in [-0.05, 0) is 39.2 Å². The lowest BCUT2D eigenvalue weighted by Crippen LogP contribution is -2.21. The molecule has 1 aromatic rings. The molecule has 0 aliphatic heterocycles. The van der Waals surface area contributed by atoms with E-state index in [4.69, 9.17) is 0 Å². The van der Waals surface area contributed by atoms with E-state index in [1.807, 2.05) is 6.20 Å². The van der Waals surface area contributed by atoms with Gasteiger partial charge in [0.05, 0.1) is 0 Å². The van der Waals surface area contributed by atoms with Crippen LogP contribution < -0.4 is 5.32 Å². The van der Waals surface area contributed by atoms with Crippen molar-refractivity contribution < 1.29 is 0 Å². The molecule has 2 unspecified atom stereocenters. The average molecular weight is 207 g/mol. The average Bonchev–Trinajstić information content (AvgIpc) is 2.87. The monoisotopic (exact) mass is 207 g/mol. The van der Waals surface area contributed by atoms with Gasteiger partial charge in [-0.1, -0.05) is 0 Å². The third kappa shape index (κ3) is 2.40. The molecule has 15 heavy (non-hydrogen) atoms. The highest BCUT2D eigenvalue weighted by molar-refractivity contribution is 4.96. The lowest BCUT2D eigenvalue weighted by molar-refractivity contribution is 0.488. The van der Waals surface area contributed by atoms with E-state index in [-0.39, 0.29) is 0 Å². The third-order valence-corrected chi connectivity index (χ3v) is 3.56. The van der Waals surface area contributed by atoms with Crippen LogP contribution in [0.2, 0.25) is 0 Å². The molecule has 1 aromatic heterocycles. The van der Waals surface area contributed by atoms with Crippen molar-refractivity contribution in [2.24, 2.45) is 5.92 Å². The van der Waals surface area contributed by atoms with E-state index in [1.54, 1.807) is 0 Å². The molecule has 3 nitrogen and oxygen atoms in total. The number of hydrogen-bond donors (Lipinski definition) is 1. The Hall–Kier alpha value is -0.830. The second kappa shape index (κ2) is 4.79. The first-order chi connectivity index (χ1) is 7.33. The summed E-state index contributed by atoms with van der Waals surface area (Å²) in [5.41, 5.74) is 0. The van der Waals surface area contributed by atoms with Crippen molar-refractivity contribution in [3.8, 4) is 0 Å². The van der Waals surface area contributed by atoms with E-state index in [1.165, 1.54) is 25.1 Å². The summed E-state index contributed by atoms with van der Waals surface area (Å²) in [6, 6.07) is 0.736. The van der Waals surface area contributed by atoms with Gasteiger partial charge in [0, 0.05) is 31.4 Å². The summed E-state index contributed by atoms with van der Waals surface area (Å²) >= 11 is 0. The standard InChI is InChI=1S/C12H21N3/c1-3-15-7-6-14-12(15)9-10-4-5-11(8-10)13-2/h6-7,10-11,13H,3-5,8-9H2,1-2H3. The molecule has 0 radical (unpaired) electrons. The van der Waals surface area contributed by atoms with Crippen molar-refractivity contribution >= 4 is 0 Å². The van der Waals surface area contributed by atoms with E-state index in [9.17, 15) is 0 Å². The molecule has 3 heteroatoms. The van der Waals surface area contributed by atoms with Gasteiger partial charge < -0.3 is 9.88 Å². The molecule has 1 saturated carbocycles. The Labute approximate surface area is 91.9 Å². The highest BCUT2D eigenvalue weighted by Gasteiger charge is 2.24. The van der Waals surface area contributed by atoms with Gasteiger partial charge >= 0.3 is 0 Å². The van der Waals surface area contributed by atoms with Gasteiger partial charge in [0.1, 0.15) is 5.82 Å². The van der Waals surface area contributed by atoms with E-state index < -0.39 is 0 Å². The zero-order valence-corrected chi connectivity index (χ0v) is 9.74. The molecule has 84 valence electrons. The van der Waals surface area contributed by atoms with Crippen molar-refractivity contribution in [3.05, 3.63) is 18.2 Å². The molecule has 1 aliphatic rings. The molecule has 1 heterocycles. The van der Waals surface area contributed by atoms with Crippen molar-refractivity contribution in [2.75, 3.05) is 7.05 Å². The topological polar surface area (TPSA) is 29.9 Å². The van der Waals surface area contributed by atoms with Crippen LogP contribution in [-0.2, 0) is 13.0 Å². The van der Waals surface area contributed by atoms with Crippen LogP contribution in [0, 0.1) is 5.92 Å². The highest BCUT2D eigenvalue weighted by atomic mass is 15.1. The Balaban J connectivity index is 1.92. The number of aromatic nitrogens is 2. The maximum Gasteiger partial charge on any atom is 0.108 e. The van der Waals surface area contributed by atoms with E-state index in [2.05, 4.69) is 35.0 Å². The summed E-state index contributed by atoms with van der Waals surface area (Å²) < 4.78 is 2.26. The van der Waals surface area contributed by atoms with Crippen molar-refractivity contribution in [1.29, 1.82) is 0 Å². The molecule has 0 amide bonds. The molecule has 1 aliphatic carbocycles. The Morgan fingerprint density at radius 1 is 1.53 bits per heavy atom. The van der Waals surface area contributed by atoms with Crippen LogP contribution in [0.25, 0.3) is 0 Å². The number of nitrogens with zero attached hydrogens (tertiary/aromatic N) is 2. The largest absolute Gasteiger partial charge is 0.335 e. The fourth-order valence-corrected chi connectivity index (χ4v) is 2.60. The molecule has 0 spiro atoms. The maximum atomic E-state index is 4.44. The zero-order chi connectivity index (χ0) is 10.7. The fourth-order valence-electron chi connectivity index (χ4n) is 2.60. The minimum atomic E-state index is 0.736. The van der Waals surface area contributed by atoms with Crippen LogP contribution in [0.5, 0.6) is 0 Å². The molecule has 0 aromatic carbocycles. The Morgan fingerprint density at radius 2 is 2.40 bits per heavy atom. The first kappa shape index (κ1) is 10.7. The van der Waals surface area contributed by atoms with Gasteiger partial charge in [-0.3, -0.25) is 0 Å². The summed E-state index contributed by atoms with van der Waals surface area (Å²) in [6.07, 6.45) is 9.14. The smallest absolute Gasteiger partial charge is 0.108 e. The normalized spacial score (nSPS) is 26.0. The van der Waals surface area contributed by atoms with Crippen LogP contribution in [0.4, 0.5) is 0 Å². The van der Waals surface area contributed by atoms with Crippen LogP contribution in [0.15, 0.2) is 12.4 Å². The summed E-state index contributed by atoms with van der Waals surface area (Å²) in [5.74, 6) is 2.09. The maximum absolute atomic E-state index is 4.44. The molecule has 2 rings (SSSR count). The molecule has 1 N–H and O–H groups in total. The van der Waals surface area contributed by atoms with Crippen molar-refractivity contribution in [2.45, 2.75) is 45.2 Å². The zero-order valence-electron chi connectivity index (χ0n) is 9.74. The SMILES string of the molecule is CCn1ccnc1CC1CCC(NC)C1. The second-order valence-electron chi connectivity index (χ2n) is 4.50.